The van der Waals surface area contributed by atoms with Crippen molar-refractivity contribution >= 4 is 16.7 Å². The molecular weight excluding hydrogens is 300 g/mol. The van der Waals surface area contributed by atoms with Gasteiger partial charge in [-0.2, -0.15) is 0 Å². The number of furan rings is 1. The van der Waals surface area contributed by atoms with Gasteiger partial charge in [-0.3, -0.25) is 4.79 Å². The van der Waals surface area contributed by atoms with Crippen LogP contribution in [-0.2, 0) is 11.3 Å². The number of amides is 1. The van der Waals surface area contributed by atoms with Gasteiger partial charge in [0, 0.05) is 13.1 Å². The molecular formula is C20H22N2O2. The lowest BCUT2D eigenvalue weighted by atomic mass is 10.0. The zero-order valence-corrected chi connectivity index (χ0v) is 14.0. The van der Waals surface area contributed by atoms with Crippen LogP contribution in [-0.4, -0.2) is 24.4 Å². The van der Waals surface area contributed by atoms with Crippen molar-refractivity contribution in [3.63, 3.8) is 0 Å². The van der Waals surface area contributed by atoms with Gasteiger partial charge in [-0.05, 0) is 41.5 Å². The second kappa shape index (κ2) is 7.32. The van der Waals surface area contributed by atoms with E-state index < -0.39 is 0 Å². The summed E-state index contributed by atoms with van der Waals surface area (Å²) in [7, 11) is 1.78. The van der Waals surface area contributed by atoms with E-state index in [0.29, 0.717) is 13.1 Å². The summed E-state index contributed by atoms with van der Waals surface area (Å²) in [5.74, 6) is 0.826. The van der Waals surface area contributed by atoms with Gasteiger partial charge in [0.2, 0.25) is 5.91 Å². The highest BCUT2D eigenvalue weighted by Gasteiger charge is 2.13. The van der Waals surface area contributed by atoms with Gasteiger partial charge >= 0.3 is 0 Å². The minimum Gasteiger partial charge on any atom is -0.467 e. The fourth-order valence-electron chi connectivity index (χ4n) is 2.69. The first kappa shape index (κ1) is 16.3. The second-order valence-electron chi connectivity index (χ2n) is 6.04. The van der Waals surface area contributed by atoms with Crippen LogP contribution in [0.3, 0.4) is 0 Å². The first-order valence-corrected chi connectivity index (χ1v) is 8.12. The quantitative estimate of drug-likeness (QED) is 0.752. The van der Waals surface area contributed by atoms with E-state index in [9.17, 15) is 4.79 Å². The Bertz CT molecular complexity index is 811. The number of nitrogens with one attached hydrogen (secondary N) is 1. The summed E-state index contributed by atoms with van der Waals surface area (Å²) < 4.78 is 5.28. The lowest BCUT2D eigenvalue weighted by molar-refractivity contribution is -0.129. The highest BCUT2D eigenvalue weighted by molar-refractivity contribution is 5.83. The summed E-state index contributed by atoms with van der Waals surface area (Å²) in [4.78, 5) is 13.9. The number of carbonyl (C=O) groups is 1. The first-order chi connectivity index (χ1) is 11.6. The summed E-state index contributed by atoms with van der Waals surface area (Å²) >= 11 is 0. The maximum absolute atomic E-state index is 12.2. The van der Waals surface area contributed by atoms with Crippen molar-refractivity contribution in [2.45, 2.75) is 19.5 Å². The molecule has 4 nitrogen and oxygen atoms in total. The Morgan fingerprint density at radius 3 is 2.67 bits per heavy atom. The molecule has 0 aliphatic carbocycles. The van der Waals surface area contributed by atoms with Crippen molar-refractivity contribution in [3.8, 4) is 0 Å². The van der Waals surface area contributed by atoms with Crippen LogP contribution in [0.15, 0.2) is 65.3 Å². The van der Waals surface area contributed by atoms with Crippen LogP contribution in [0.25, 0.3) is 10.8 Å². The average Bonchev–Trinajstić information content (AvgIpc) is 3.11. The van der Waals surface area contributed by atoms with Crippen molar-refractivity contribution in [1.82, 2.24) is 10.2 Å². The molecule has 0 unspecified atom stereocenters. The van der Waals surface area contributed by atoms with E-state index in [0.717, 1.165) is 5.76 Å². The smallest absolute Gasteiger partial charge is 0.236 e. The van der Waals surface area contributed by atoms with Crippen LogP contribution >= 0.6 is 0 Å². The largest absolute Gasteiger partial charge is 0.467 e. The molecule has 0 fully saturated rings. The summed E-state index contributed by atoms with van der Waals surface area (Å²) in [6, 6.07) is 18.5. The molecule has 0 saturated carbocycles. The van der Waals surface area contributed by atoms with E-state index in [1.165, 1.54) is 16.3 Å². The summed E-state index contributed by atoms with van der Waals surface area (Å²) in [6.07, 6.45) is 1.62. The predicted molar refractivity (Wildman–Crippen MR) is 95.5 cm³/mol. The molecule has 1 heterocycles. The zero-order valence-electron chi connectivity index (χ0n) is 14.0. The number of hydrogen-bond donors (Lipinski definition) is 1. The molecule has 0 spiro atoms. The van der Waals surface area contributed by atoms with Crippen LogP contribution < -0.4 is 5.32 Å². The van der Waals surface area contributed by atoms with E-state index in [1.54, 1.807) is 18.2 Å². The van der Waals surface area contributed by atoms with Crippen molar-refractivity contribution in [1.29, 1.82) is 0 Å². The molecule has 3 aromatic rings. The first-order valence-electron chi connectivity index (χ1n) is 8.12. The topological polar surface area (TPSA) is 45.5 Å². The summed E-state index contributed by atoms with van der Waals surface area (Å²) in [6.45, 7) is 2.85. The standard InChI is InChI=1S/C20H22N2O2/c1-15(17-10-9-16-6-3-4-7-18(16)12-17)21-13-20(23)22(2)14-19-8-5-11-24-19/h3-12,15,21H,13-14H2,1-2H3/t15-/m0/s1. The molecule has 0 aliphatic rings. The molecule has 4 heteroatoms. The lowest BCUT2D eigenvalue weighted by Crippen LogP contribution is -2.36. The summed E-state index contributed by atoms with van der Waals surface area (Å²) in [5, 5.41) is 5.74. The predicted octanol–water partition coefficient (Wildman–Crippen LogP) is 3.74. The third kappa shape index (κ3) is 3.84. The fourth-order valence-corrected chi connectivity index (χ4v) is 2.69. The monoisotopic (exact) mass is 322 g/mol. The molecule has 1 aromatic heterocycles. The van der Waals surface area contributed by atoms with Crippen molar-refractivity contribution in [2.24, 2.45) is 0 Å². The number of rotatable bonds is 6. The lowest BCUT2D eigenvalue weighted by Gasteiger charge is -2.19. The highest BCUT2D eigenvalue weighted by atomic mass is 16.3. The number of hydrogen-bond acceptors (Lipinski definition) is 3. The van der Waals surface area contributed by atoms with Gasteiger partial charge in [0.1, 0.15) is 5.76 Å². The minimum absolute atomic E-state index is 0.0408. The Morgan fingerprint density at radius 1 is 1.12 bits per heavy atom. The number of fused-ring (bicyclic) bond motifs is 1. The van der Waals surface area contributed by atoms with Gasteiger partial charge in [-0.15, -0.1) is 0 Å². The van der Waals surface area contributed by atoms with Crippen molar-refractivity contribution < 1.29 is 9.21 Å². The van der Waals surface area contributed by atoms with Gasteiger partial charge < -0.3 is 14.6 Å². The van der Waals surface area contributed by atoms with Crippen LogP contribution in [0.1, 0.15) is 24.3 Å². The number of likely N-dealkylation sites (N-methyl/N-ethyl adjacent to an activating group) is 1. The van der Waals surface area contributed by atoms with E-state index in [4.69, 9.17) is 4.42 Å². The maximum atomic E-state index is 12.2. The third-order valence-corrected chi connectivity index (χ3v) is 4.23. The van der Waals surface area contributed by atoms with Gasteiger partial charge in [-0.1, -0.05) is 36.4 Å². The number of nitrogens with zero attached hydrogens (tertiary/aromatic N) is 1. The molecule has 3 rings (SSSR count). The van der Waals surface area contributed by atoms with Crippen LogP contribution in [0.5, 0.6) is 0 Å². The molecule has 0 saturated heterocycles. The maximum Gasteiger partial charge on any atom is 0.236 e. The molecule has 1 atom stereocenters. The van der Waals surface area contributed by atoms with Gasteiger partial charge in [-0.25, -0.2) is 0 Å². The van der Waals surface area contributed by atoms with Crippen molar-refractivity contribution in [2.75, 3.05) is 13.6 Å². The fraction of sp³-hybridized carbons (Fsp3) is 0.250. The van der Waals surface area contributed by atoms with Crippen LogP contribution in [0.4, 0.5) is 0 Å². The minimum atomic E-state index is 0.0408. The molecule has 24 heavy (non-hydrogen) atoms. The molecule has 124 valence electrons. The van der Waals surface area contributed by atoms with Crippen LogP contribution in [0, 0.1) is 0 Å². The second-order valence-corrected chi connectivity index (χ2v) is 6.04. The van der Waals surface area contributed by atoms with Crippen LogP contribution in [0.2, 0.25) is 0 Å². The Kier molecular flexibility index (Phi) is 4.96. The Hall–Kier alpha value is -2.59. The molecule has 0 bridgehead atoms. The number of benzene rings is 2. The third-order valence-electron chi connectivity index (χ3n) is 4.23. The van der Waals surface area contributed by atoms with Gasteiger partial charge in [0.15, 0.2) is 0 Å². The van der Waals surface area contributed by atoms with E-state index in [2.05, 4.69) is 42.6 Å². The van der Waals surface area contributed by atoms with E-state index in [-0.39, 0.29) is 11.9 Å². The van der Waals surface area contributed by atoms with E-state index >= 15 is 0 Å². The SMILES string of the molecule is C[C@H](NCC(=O)N(C)Cc1ccco1)c1ccc2ccccc2c1. The Morgan fingerprint density at radius 2 is 1.92 bits per heavy atom. The Labute approximate surface area is 142 Å². The zero-order chi connectivity index (χ0) is 16.9. The molecule has 2 aromatic carbocycles. The number of carbonyl (C=O) groups excluding carboxylic acids is 1. The Balaban J connectivity index is 1.57. The highest BCUT2D eigenvalue weighted by Crippen LogP contribution is 2.20. The van der Waals surface area contributed by atoms with Gasteiger partial charge in [0.25, 0.3) is 0 Å². The molecule has 0 radical (unpaired) electrons. The molecule has 1 N–H and O–H groups in total. The average molecular weight is 322 g/mol. The van der Waals surface area contributed by atoms with E-state index in [1.807, 2.05) is 24.3 Å². The molecule has 0 aliphatic heterocycles. The summed E-state index contributed by atoms with van der Waals surface area (Å²) in [5.41, 5.74) is 1.18. The van der Waals surface area contributed by atoms with Gasteiger partial charge in [0.05, 0.1) is 19.4 Å². The van der Waals surface area contributed by atoms with Crippen molar-refractivity contribution in [3.05, 3.63) is 72.2 Å². The molecule has 1 amide bonds. The normalized spacial score (nSPS) is 12.2.